The molecule has 1 aromatic heterocycles. The predicted molar refractivity (Wildman–Crippen MR) is 112 cm³/mol. The van der Waals surface area contributed by atoms with Gasteiger partial charge in [-0.05, 0) is 54.5 Å². The maximum absolute atomic E-state index is 12.3. The zero-order valence-corrected chi connectivity index (χ0v) is 16.8. The van der Waals surface area contributed by atoms with E-state index in [0.717, 1.165) is 25.4 Å². The van der Waals surface area contributed by atoms with Crippen molar-refractivity contribution in [2.45, 2.75) is 6.92 Å². The molecule has 1 heterocycles. The van der Waals surface area contributed by atoms with Crippen LogP contribution in [0.4, 0.5) is 0 Å². The molecular weight excluding hydrogens is 426 g/mol. The van der Waals surface area contributed by atoms with Crippen LogP contribution in [0.15, 0.2) is 70.8 Å². The van der Waals surface area contributed by atoms with E-state index in [1.165, 1.54) is 17.4 Å². The van der Waals surface area contributed by atoms with Gasteiger partial charge in [-0.3, -0.25) is 4.79 Å². The van der Waals surface area contributed by atoms with E-state index >= 15 is 0 Å². The van der Waals surface area contributed by atoms with Crippen LogP contribution in [0.25, 0.3) is 16.5 Å². The molecule has 6 heteroatoms. The highest BCUT2D eigenvalue weighted by atomic mass is 79.9. The Morgan fingerprint density at radius 3 is 2.56 bits per heavy atom. The molecule has 0 bridgehead atoms. The lowest BCUT2D eigenvalue weighted by atomic mass is 10.1. The van der Waals surface area contributed by atoms with Gasteiger partial charge in [-0.1, -0.05) is 46.3 Å². The number of nitrogens with one attached hydrogen (secondary N) is 1. The summed E-state index contributed by atoms with van der Waals surface area (Å²) in [7, 11) is 0. The van der Waals surface area contributed by atoms with Crippen LogP contribution in [0.2, 0.25) is 0 Å². The molecule has 0 spiro atoms. The number of thiophene rings is 1. The van der Waals surface area contributed by atoms with Crippen molar-refractivity contribution in [1.82, 2.24) is 5.32 Å². The fraction of sp³-hybridized carbons (Fsp3) is 0.0476. The summed E-state index contributed by atoms with van der Waals surface area (Å²) < 4.78 is 0.747. The number of hydrogen-bond donors (Lipinski definition) is 2. The minimum Gasteiger partial charge on any atom is -0.477 e. The highest BCUT2D eigenvalue weighted by molar-refractivity contribution is 9.10. The number of rotatable bonds is 5. The van der Waals surface area contributed by atoms with E-state index in [1.54, 1.807) is 24.3 Å². The van der Waals surface area contributed by atoms with E-state index < -0.39 is 11.9 Å². The third-order valence-corrected chi connectivity index (χ3v) is 5.45. The summed E-state index contributed by atoms with van der Waals surface area (Å²) in [6, 6.07) is 18.6. The van der Waals surface area contributed by atoms with Crippen LogP contribution < -0.4 is 5.32 Å². The molecule has 3 rings (SSSR count). The van der Waals surface area contributed by atoms with Crippen molar-refractivity contribution < 1.29 is 14.7 Å². The SMILES string of the molecule is Cc1ccccc1-c1ccc(/C=C(\NC(=O)c2cccc(Br)c2)C(=O)O)s1. The highest BCUT2D eigenvalue weighted by Gasteiger charge is 2.14. The van der Waals surface area contributed by atoms with Crippen molar-refractivity contribution in [2.24, 2.45) is 0 Å². The zero-order valence-electron chi connectivity index (χ0n) is 14.4. The molecule has 0 saturated heterocycles. The summed E-state index contributed by atoms with van der Waals surface area (Å²) in [5.41, 5.74) is 2.47. The first-order valence-corrected chi connectivity index (χ1v) is 9.73. The fourth-order valence-electron chi connectivity index (χ4n) is 2.54. The average molecular weight is 442 g/mol. The summed E-state index contributed by atoms with van der Waals surface area (Å²) in [6.07, 6.45) is 1.48. The molecule has 0 radical (unpaired) electrons. The van der Waals surface area contributed by atoms with Crippen molar-refractivity contribution in [2.75, 3.05) is 0 Å². The molecule has 0 unspecified atom stereocenters. The normalized spacial score (nSPS) is 11.3. The Kier molecular flexibility index (Phi) is 5.88. The quantitative estimate of drug-likeness (QED) is 0.524. The topological polar surface area (TPSA) is 66.4 Å². The van der Waals surface area contributed by atoms with Crippen molar-refractivity contribution in [3.05, 3.63) is 86.8 Å². The average Bonchev–Trinajstić information content (AvgIpc) is 3.09. The lowest BCUT2D eigenvalue weighted by molar-refractivity contribution is -0.132. The number of aryl methyl sites for hydroxylation is 1. The number of carbonyl (C=O) groups excluding carboxylic acids is 1. The number of carboxylic acid groups (broad SMARTS) is 1. The van der Waals surface area contributed by atoms with E-state index in [-0.39, 0.29) is 5.70 Å². The smallest absolute Gasteiger partial charge is 0.352 e. The van der Waals surface area contributed by atoms with Crippen molar-refractivity contribution >= 4 is 45.2 Å². The first-order valence-electron chi connectivity index (χ1n) is 8.12. The Labute approximate surface area is 169 Å². The molecule has 136 valence electrons. The molecule has 0 aliphatic carbocycles. The maximum atomic E-state index is 12.3. The number of benzene rings is 2. The van der Waals surface area contributed by atoms with E-state index in [4.69, 9.17) is 0 Å². The minimum atomic E-state index is -1.19. The van der Waals surface area contributed by atoms with Crippen LogP contribution >= 0.6 is 27.3 Å². The Bertz CT molecular complexity index is 1040. The Morgan fingerprint density at radius 2 is 1.85 bits per heavy atom. The second kappa shape index (κ2) is 8.33. The molecule has 0 aliphatic heterocycles. The van der Waals surface area contributed by atoms with Crippen LogP contribution in [0.1, 0.15) is 20.8 Å². The second-order valence-corrected chi connectivity index (χ2v) is 7.88. The predicted octanol–water partition coefficient (Wildman–Crippen LogP) is 5.34. The lowest BCUT2D eigenvalue weighted by Crippen LogP contribution is -2.27. The zero-order chi connectivity index (χ0) is 19.4. The van der Waals surface area contributed by atoms with Crippen LogP contribution in [0.3, 0.4) is 0 Å². The summed E-state index contributed by atoms with van der Waals surface area (Å²) in [6.45, 7) is 2.03. The number of amides is 1. The number of aliphatic carboxylic acids is 1. The third kappa shape index (κ3) is 4.72. The number of carbonyl (C=O) groups is 2. The highest BCUT2D eigenvalue weighted by Crippen LogP contribution is 2.31. The molecule has 1 amide bonds. The fourth-order valence-corrected chi connectivity index (χ4v) is 3.98. The Balaban J connectivity index is 1.85. The number of carboxylic acids is 1. The van der Waals surface area contributed by atoms with Gasteiger partial charge < -0.3 is 10.4 Å². The standard InChI is InChI=1S/C21H16BrNO3S/c1-13-5-2-3-8-17(13)19-10-9-16(27-19)12-18(21(25)26)23-20(24)14-6-4-7-15(22)11-14/h2-12H,1H3,(H,23,24)(H,25,26)/b18-12-. The van der Waals surface area contributed by atoms with Crippen molar-refractivity contribution in [3.63, 3.8) is 0 Å². The Morgan fingerprint density at radius 1 is 1.07 bits per heavy atom. The molecule has 27 heavy (non-hydrogen) atoms. The van der Waals surface area contributed by atoms with Gasteiger partial charge in [-0.15, -0.1) is 11.3 Å². The molecule has 0 fully saturated rings. The van der Waals surface area contributed by atoms with Crippen LogP contribution in [0, 0.1) is 6.92 Å². The molecule has 0 atom stereocenters. The number of hydrogen-bond acceptors (Lipinski definition) is 3. The summed E-state index contributed by atoms with van der Waals surface area (Å²) in [4.78, 5) is 25.7. The van der Waals surface area contributed by atoms with Gasteiger partial charge in [-0.2, -0.15) is 0 Å². The molecular formula is C21H16BrNO3S. The largest absolute Gasteiger partial charge is 0.477 e. The van der Waals surface area contributed by atoms with Gasteiger partial charge in [0.15, 0.2) is 0 Å². The third-order valence-electron chi connectivity index (χ3n) is 3.89. The minimum absolute atomic E-state index is 0.168. The van der Waals surface area contributed by atoms with E-state index in [2.05, 4.69) is 21.2 Å². The van der Waals surface area contributed by atoms with E-state index in [0.29, 0.717) is 5.56 Å². The Hall–Kier alpha value is -2.70. The van der Waals surface area contributed by atoms with Crippen LogP contribution in [-0.2, 0) is 4.79 Å². The van der Waals surface area contributed by atoms with Gasteiger partial charge in [0.05, 0.1) is 0 Å². The first kappa shape index (κ1) is 19.1. The first-order chi connectivity index (χ1) is 12.9. The van der Waals surface area contributed by atoms with Crippen LogP contribution in [0.5, 0.6) is 0 Å². The molecule has 0 aliphatic rings. The molecule has 4 nitrogen and oxygen atoms in total. The second-order valence-electron chi connectivity index (χ2n) is 5.84. The van der Waals surface area contributed by atoms with E-state index in [9.17, 15) is 14.7 Å². The maximum Gasteiger partial charge on any atom is 0.352 e. The number of halogens is 1. The molecule has 0 saturated carbocycles. The van der Waals surface area contributed by atoms with Crippen LogP contribution in [-0.4, -0.2) is 17.0 Å². The van der Waals surface area contributed by atoms with Gasteiger partial charge in [0, 0.05) is 19.8 Å². The molecule has 2 N–H and O–H groups in total. The molecule has 3 aromatic rings. The van der Waals surface area contributed by atoms with Gasteiger partial charge in [0.25, 0.3) is 5.91 Å². The summed E-state index contributed by atoms with van der Waals surface area (Å²) in [5, 5.41) is 11.9. The van der Waals surface area contributed by atoms with Crippen molar-refractivity contribution in [1.29, 1.82) is 0 Å². The molecule has 2 aromatic carbocycles. The lowest BCUT2D eigenvalue weighted by Gasteiger charge is -2.06. The summed E-state index contributed by atoms with van der Waals surface area (Å²) >= 11 is 4.77. The van der Waals surface area contributed by atoms with Gasteiger partial charge >= 0.3 is 5.97 Å². The van der Waals surface area contributed by atoms with Gasteiger partial charge in [0.2, 0.25) is 0 Å². The van der Waals surface area contributed by atoms with Gasteiger partial charge in [0.1, 0.15) is 5.70 Å². The van der Waals surface area contributed by atoms with E-state index in [1.807, 2.05) is 43.3 Å². The van der Waals surface area contributed by atoms with Crippen molar-refractivity contribution in [3.8, 4) is 10.4 Å². The van der Waals surface area contributed by atoms with Gasteiger partial charge in [-0.25, -0.2) is 4.79 Å². The summed E-state index contributed by atoms with van der Waals surface area (Å²) in [5.74, 6) is -1.66. The monoisotopic (exact) mass is 441 g/mol.